The van der Waals surface area contributed by atoms with Crippen LogP contribution in [-0.2, 0) is 9.59 Å². The predicted octanol–water partition coefficient (Wildman–Crippen LogP) is 1.55. The number of rotatable bonds is 8. The van der Waals surface area contributed by atoms with Crippen molar-refractivity contribution >= 4 is 11.9 Å². The molecular weight excluding hydrogens is 246 g/mol. The number of carbonyl (C=O) groups excluding carboxylic acids is 1. The Labute approximate surface area is 114 Å². The Hall–Kier alpha value is -1.10. The van der Waals surface area contributed by atoms with Crippen LogP contribution in [0.15, 0.2) is 0 Å². The Kier molecular flexibility index (Phi) is 7.48. The summed E-state index contributed by atoms with van der Waals surface area (Å²) in [7, 11) is 0. The van der Waals surface area contributed by atoms with Gasteiger partial charge in [-0.2, -0.15) is 0 Å². The molecule has 0 spiro atoms. The molecule has 0 saturated heterocycles. The molecule has 0 bridgehead atoms. The fourth-order valence-corrected chi connectivity index (χ4v) is 2.67. The maximum Gasteiger partial charge on any atom is 0.307 e. The molecule has 0 heterocycles. The summed E-state index contributed by atoms with van der Waals surface area (Å²) in [6.07, 6.45) is 6.78. The standard InChI is InChI=1S/C14H25NO4/c16-10-6-2-1-5-9-15-13(17)11-7-3-4-8-12(11)14(18)19/h11-12,16H,1-10H2,(H,15,17)(H,18,19)/t11-,12+/m1/s1. The Balaban J connectivity index is 2.25. The molecule has 1 amide bonds. The molecule has 0 aliphatic heterocycles. The van der Waals surface area contributed by atoms with Crippen LogP contribution >= 0.6 is 0 Å². The molecule has 0 aromatic heterocycles. The van der Waals surface area contributed by atoms with Crippen molar-refractivity contribution in [2.45, 2.75) is 51.4 Å². The molecule has 0 aromatic rings. The number of aliphatic hydroxyl groups excluding tert-OH is 1. The average molecular weight is 271 g/mol. The van der Waals surface area contributed by atoms with Gasteiger partial charge in [0.2, 0.25) is 5.91 Å². The van der Waals surface area contributed by atoms with Gasteiger partial charge in [-0.15, -0.1) is 0 Å². The first-order chi connectivity index (χ1) is 9.16. The van der Waals surface area contributed by atoms with Gasteiger partial charge in [0.15, 0.2) is 0 Å². The molecule has 0 unspecified atom stereocenters. The zero-order valence-electron chi connectivity index (χ0n) is 11.4. The largest absolute Gasteiger partial charge is 0.481 e. The third-order valence-corrected chi connectivity index (χ3v) is 3.80. The van der Waals surface area contributed by atoms with Gasteiger partial charge in [-0.1, -0.05) is 25.7 Å². The van der Waals surface area contributed by atoms with Crippen molar-refractivity contribution in [3.63, 3.8) is 0 Å². The Morgan fingerprint density at radius 2 is 1.63 bits per heavy atom. The van der Waals surface area contributed by atoms with Gasteiger partial charge in [0, 0.05) is 13.2 Å². The molecule has 1 rings (SSSR count). The summed E-state index contributed by atoms with van der Waals surface area (Å²) < 4.78 is 0. The third kappa shape index (κ3) is 5.59. The van der Waals surface area contributed by atoms with Crippen LogP contribution in [0.4, 0.5) is 0 Å². The van der Waals surface area contributed by atoms with E-state index in [9.17, 15) is 9.59 Å². The van der Waals surface area contributed by atoms with E-state index in [-0.39, 0.29) is 18.4 Å². The SMILES string of the molecule is O=C(O)[C@H]1CCCC[C@H]1C(=O)NCCCCCCO. The minimum absolute atomic E-state index is 0.103. The third-order valence-electron chi connectivity index (χ3n) is 3.80. The van der Waals surface area contributed by atoms with Gasteiger partial charge in [0.25, 0.3) is 0 Å². The second-order valence-corrected chi connectivity index (χ2v) is 5.26. The number of aliphatic hydroxyl groups is 1. The van der Waals surface area contributed by atoms with Crippen LogP contribution in [-0.4, -0.2) is 35.2 Å². The molecule has 2 atom stereocenters. The lowest BCUT2D eigenvalue weighted by molar-refractivity contribution is -0.148. The van der Waals surface area contributed by atoms with Crippen molar-refractivity contribution in [2.75, 3.05) is 13.2 Å². The Morgan fingerprint density at radius 1 is 1.00 bits per heavy atom. The molecule has 1 aliphatic carbocycles. The summed E-state index contributed by atoms with van der Waals surface area (Å²) >= 11 is 0. The minimum Gasteiger partial charge on any atom is -0.481 e. The summed E-state index contributed by atoms with van der Waals surface area (Å²) in [5.41, 5.74) is 0. The van der Waals surface area contributed by atoms with E-state index < -0.39 is 11.9 Å². The van der Waals surface area contributed by atoms with Crippen LogP contribution < -0.4 is 5.32 Å². The topological polar surface area (TPSA) is 86.6 Å². The Bertz CT molecular complexity index is 293. The quantitative estimate of drug-likeness (QED) is 0.584. The van der Waals surface area contributed by atoms with Crippen molar-refractivity contribution in [2.24, 2.45) is 11.8 Å². The van der Waals surface area contributed by atoms with E-state index in [2.05, 4.69) is 5.32 Å². The summed E-state index contributed by atoms with van der Waals surface area (Å²) in [6, 6.07) is 0. The van der Waals surface area contributed by atoms with Crippen molar-refractivity contribution in [3.05, 3.63) is 0 Å². The number of hydrogen-bond donors (Lipinski definition) is 3. The van der Waals surface area contributed by atoms with Crippen molar-refractivity contribution in [1.29, 1.82) is 0 Å². The van der Waals surface area contributed by atoms with Crippen LogP contribution in [0.5, 0.6) is 0 Å². The monoisotopic (exact) mass is 271 g/mol. The average Bonchev–Trinajstić information content (AvgIpc) is 2.42. The van der Waals surface area contributed by atoms with E-state index in [1.165, 1.54) is 0 Å². The molecule has 5 nitrogen and oxygen atoms in total. The van der Waals surface area contributed by atoms with Gasteiger partial charge < -0.3 is 15.5 Å². The summed E-state index contributed by atoms with van der Waals surface area (Å²) in [4.78, 5) is 23.1. The van der Waals surface area contributed by atoms with Gasteiger partial charge in [-0.25, -0.2) is 0 Å². The number of amides is 1. The number of hydrogen-bond acceptors (Lipinski definition) is 3. The number of unbranched alkanes of at least 4 members (excludes halogenated alkanes) is 3. The van der Waals surface area contributed by atoms with E-state index in [0.29, 0.717) is 19.4 Å². The fraction of sp³-hybridized carbons (Fsp3) is 0.857. The van der Waals surface area contributed by atoms with Gasteiger partial charge in [0.05, 0.1) is 11.8 Å². The van der Waals surface area contributed by atoms with Crippen molar-refractivity contribution in [3.8, 4) is 0 Å². The number of nitrogens with one attached hydrogen (secondary N) is 1. The van der Waals surface area contributed by atoms with Gasteiger partial charge >= 0.3 is 5.97 Å². The van der Waals surface area contributed by atoms with Crippen LogP contribution in [0.3, 0.4) is 0 Å². The highest BCUT2D eigenvalue weighted by atomic mass is 16.4. The van der Waals surface area contributed by atoms with Gasteiger partial charge in [-0.3, -0.25) is 9.59 Å². The molecular formula is C14H25NO4. The molecule has 110 valence electrons. The smallest absolute Gasteiger partial charge is 0.307 e. The van der Waals surface area contributed by atoms with Crippen LogP contribution in [0, 0.1) is 11.8 Å². The molecule has 3 N–H and O–H groups in total. The normalized spacial score (nSPS) is 23.0. The van der Waals surface area contributed by atoms with E-state index in [4.69, 9.17) is 10.2 Å². The van der Waals surface area contributed by atoms with Crippen molar-refractivity contribution in [1.82, 2.24) is 5.32 Å². The molecule has 19 heavy (non-hydrogen) atoms. The maximum absolute atomic E-state index is 12.0. The highest BCUT2D eigenvalue weighted by Crippen LogP contribution is 2.30. The number of carbonyl (C=O) groups is 2. The number of aliphatic carboxylic acids is 1. The zero-order valence-corrected chi connectivity index (χ0v) is 11.4. The van der Waals surface area contributed by atoms with Crippen molar-refractivity contribution < 1.29 is 19.8 Å². The molecule has 0 aromatic carbocycles. The molecule has 1 aliphatic rings. The fourth-order valence-electron chi connectivity index (χ4n) is 2.67. The van der Waals surface area contributed by atoms with Crippen LogP contribution in [0.1, 0.15) is 51.4 Å². The molecule has 5 heteroatoms. The number of carboxylic acids is 1. The summed E-state index contributed by atoms with van der Waals surface area (Å²) in [5.74, 6) is -1.82. The van der Waals surface area contributed by atoms with E-state index in [1.54, 1.807) is 0 Å². The first-order valence-electron chi connectivity index (χ1n) is 7.28. The molecule has 1 saturated carbocycles. The lowest BCUT2D eigenvalue weighted by atomic mass is 9.78. The Morgan fingerprint density at radius 3 is 2.26 bits per heavy atom. The summed E-state index contributed by atoms with van der Waals surface area (Å²) in [6.45, 7) is 0.821. The van der Waals surface area contributed by atoms with Crippen LogP contribution in [0.25, 0.3) is 0 Å². The lowest BCUT2D eigenvalue weighted by Gasteiger charge is -2.27. The lowest BCUT2D eigenvalue weighted by Crippen LogP contribution is -2.40. The van der Waals surface area contributed by atoms with Gasteiger partial charge in [0.1, 0.15) is 0 Å². The summed E-state index contributed by atoms with van der Waals surface area (Å²) in [5, 5.41) is 20.6. The van der Waals surface area contributed by atoms with E-state index >= 15 is 0 Å². The first kappa shape index (κ1) is 16.0. The number of carboxylic acid groups (broad SMARTS) is 1. The van der Waals surface area contributed by atoms with E-state index in [0.717, 1.165) is 38.5 Å². The highest BCUT2D eigenvalue weighted by Gasteiger charge is 2.35. The highest BCUT2D eigenvalue weighted by molar-refractivity contribution is 5.84. The maximum atomic E-state index is 12.0. The second kappa shape index (κ2) is 8.91. The van der Waals surface area contributed by atoms with Crippen LogP contribution in [0.2, 0.25) is 0 Å². The molecule has 0 radical (unpaired) electrons. The zero-order chi connectivity index (χ0) is 14.1. The first-order valence-corrected chi connectivity index (χ1v) is 7.28. The minimum atomic E-state index is -0.845. The second-order valence-electron chi connectivity index (χ2n) is 5.26. The predicted molar refractivity (Wildman–Crippen MR) is 71.6 cm³/mol. The molecule has 1 fully saturated rings. The van der Waals surface area contributed by atoms with E-state index in [1.807, 2.05) is 0 Å². The van der Waals surface area contributed by atoms with Gasteiger partial charge in [-0.05, 0) is 25.7 Å².